The second kappa shape index (κ2) is 5.35. The number of hydrogen-bond donors (Lipinski definition) is 1. The van der Waals surface area contributed by atoms with Gasteiger partial charge in [0.25, 0.3) is 0 Å². The monoisotopic (exact) mass is 248 g/mol. The summed E-state index contributed by atoms with van der Waals surface area (Å²) in [5.74, 6) is 0. The minimum atomic E-state index is -4.15. The lowest BCUT2D eigenvalue weighted by molar-refractivity contribution is -0.132. The number of aliphatic hydroxyl groups excluding tert-OH is 1. The Bertz CT molecular complexity index is 349. The first kappa shape index (κ1) is 13.8. The lowest BCUT2D eigenvalue weighted by Crippen LogP contribution is -2.24. The van der Waals surface area contributed by atoms with Crippen molar-refractivity contribution in [1.29, 1.82) is 0 Å². The number of nitrogens with zero attached hydrogens (tertiary/aromatic N) is 2. The number of hydrogen-bond acceptors (Lipinski definition) is 3. The lowest BCUT2D eigenvalue weighted by atomic mass is 10.2. The maximum Gasteiger partial charge on any atom is 0.390 e. The van der Waals surface area contributed by atoms with Gasteiger partial charge in [-0.15, -0.1) is 0 Å². The van der Waals surface area contributed by atoms with Crippen molar-refractivity contribution in [2.45, 2.75) is 25.6 Å². The molecule has 0 amide bonds. The highest BCUT2D eigenvalue weighted by Gasteiger charge is 2.27. The molecule has 1 atom stereocenters. The van der Waals surface area contributed by atoms with E-state index in [9.17, 15) is 18.3 Å². The molecule has 0 aliphatic heterocycles. The molecule has 0 aliphatic carbocycles. The smallest absolute Gasteiger partial charge is 0.387 e. The molecule has 1 aromatic rings. The van der Waals surface area contributed by atoms with Crippen molar-refractivity contribution in [3.63, 3.8) is 0 Å². The zero-order valence-electron chi connectivity index (χ0n) is 9.70. The van der Waals surface area contributed by atoms with Gasteiger partial charge in [0.15, 0.2) is 0 Å². The summed E-state index contributed by atoms with van der Waals surface area (Å²) < 4.78 is 36.1. The Balaban J connectivity index is 2.60. The van der Waals surface area contributed by atoms with Gasteiger partial charge in [0.1, 0.15) is 0 Å². The highest BCUT2D eigenvalue weighted by Crippen LogP contribution is 2.21. The van der Waals surface area contributed by atoms with E-state index in [4.69, 9.17) is 0 Å². The summed E-state index contributed by atoms with van der Waals surface area (Å²) in [6.45, 7) is 1.47. The van der Waals surface area contributed by atoms with Crippen molar-refractivity contribution in [2.24, 2.45) is 0 Å². The minimum absolute atomic E-state index is 0.112. The molecule has 1 aromatic heterocycles. The van der Waals surface area contributed by atoms with Crippen LogP contribution in [0.25, 0.3) is 0 Å². The Hall–Kier alpha value is -1.30. The van der Waals surface area contributed by atoms with Gasteiger partial charge < -0.3 is 10.0 Å². The molecule has 0 saturated heterocycles. The topological polar surface area (TPSA) is 36.4 Å². The molecular weight excluding hydrogens is 233 g/mol. The Morgan fingerprint density at radius 1 is 1.41 bits per heavy atom. The molecule has 0 aromatic carbocycles. The van der Waals surface area contributed by atoms with Gasteiger partial charge in [0.05, 0.1) is 30.1 Å². The summed E-state index contributed by atoms with van der Waals surface area (Å²) in [7, 11) is 1.57. The summed E-state index contributed by atoms with van der Waals surface area (Å²) >= 11 is 0. The van der Waals surface area contributed by atoms with Gasteiger partial charge in [0, 0.05) is 13.6 Å². The Labute approximate surface area is 97.9 Å². The van der Waals surface area contributed by atoms with Crippen LogP contribution in [0.3, 0.4) is 0 Å². The molecule has 96 valence electrons. The molecule has 3 nitrogen and oxygen atoms in total. The van der Waals surface area contributed by atoms with Crippen molar-refractivity contribution in [3.05, 3.63) is 24.0 Å². The van der Waals surface area contributed by atoms with Crippen molar-refractivity contribution in [1.82, 2.24) is 4.98 Å². The largest absolute Gasteiger partial charge is 0.390 e. The van der Waals surface area contributed by atoms with Gasteiger partial charge in [-0.2, -0.15) is 13.2 Å². The molecule has 0 radical (unpaired) electrons. The van der Waals surface area contributed by atoms with Crippen LogP contribution in [0.1, 0.15) is 25.1 Å². The summed E-state index contributed by atoms with van der Waals surface area (Å²) in [6.07, 6.45) is -4.23. The van der Waals surface area contributed by atoms with E-state index in [1.54, 1.807) is 26.1 Å². The summed E-state index contributed by atoms with van der Waals surface area (Å²) in [6, 6.07) is 3.25. The summed E-state index contributed by atoms with van der Waals surface area (Å²) in [5, 5.41) is 9.24. The first-order chi connectivity index (χ1) is 7.79. The second-order valence-corrected chi connectivity index (χ2v) is 3.90. The third kappa shape index (κ3) is 4.60. The number of rotatable bonds is 4. The molecule has 1 rings (SSSR count). The van der Waals surface area contributed by atoms with Gasteiger partial charge >= 0.3 is 6.18 Å². The Kier molecular flexibility index (Phi) is 4.34. The predicted molar refractivity (Wildman–Crippen MR) is 58.8 cm³/mol. The SMILES string of the molecule is C[C@H](O)c1ccc(N(C)CCC(F)(F)F)cn1. The molecule has 0 fully saturated rings. The molecule has 6 heteroatoms. The number of aromatic nitrogens is 1. The second-order valence-electron chi connectivity index (χ2n) is 3.90. The van der Waals surface area contributed by atoms with Crippen molar-refractivity contribution in [2.75, 3.05) is 18.5 Å². The van der Waals surface area contributed by atoms with Gasteiger partial charge in [-0.25, -0.2) is 0 Å². The van der Waals surface area contributed by atoms with E-state index >= 15 is 0 Å². The average molecular weight is 248 g/mol. The fraction of sp³-hybridized carbons (Fsp3) is 0.545. The fourth-order valence-corrected chi connectivity index (χ4v) is 1.29. The Morgan fingerprint density at radius 3 is 2.47 bits per heavy atom. The predicted octanol–water partition coefficient (Wildman–Crippen LogP) is 2.52. The van der Waals surface area contributed by atoms with Crippen LogP contribution in [0.15, 0.2) is 18.3 Å². The maximum absolute atomic E-state index is 12.0. The van der Waals surface area contributed by atoms with E-state index in [0.29, 0.717) is 11.4 Å². The molecule has 17 heavy (non-hydrogen) atoms. The van der Waals surface area contributed by atoms with E-state index in [1.165, 1.54) is 11.1 Å². The third-order valence-electron chi connectivity index (χ3n) is 2.37. The van der Waals surface area contributed by atoms with Crippen molar-refractivity contribution in [3.8, 4) is 0 Å². The normalized spacial score (nSPS) is 13.5. The number of halogens is 3. The lowest BCUT2D eigenvalue weighted by Gasteiger charge is -2.20. The van der Waals surface area contributed by atoms with Gasteiger partial charge in [0.2, 0.25) is 0 Å². The van der Waals surface area contributed by atoms with Crippen LogP contribution < -0.4 is 4.90 Å². The molecule has 0 unspecified atom stereocenters. The van der Waals surface area contributed by atoms with E-state index in [-0.39, 0.29) is 6.54 Å². The first-order valence-corrected chi connectivity index (χ1v) is 5.21. The van der Waals surface area contributed by atoms with Crippen LogP contribution in [0.2, 0.25) is 0 Å². The number of alkyl halides is 3. The molecule has 0 bridgehead atoms. The van der Waals surface area contributed by atoms with Gasteiger partial charge in [-0.1, -0.05) is 0 Å². The van der Waals surface area contributed by atoms with Crippen LogP contribution in [-0.2, 0) is 0 Å². The minimum Gasteiger partial charge on any atom is -0.387 e. The number of pyridine rings is 1. The number of aliphatic hydroxyl groups is 1. The molecular formula is C11H15F3N2O. The quantitative estimate of drug-likeness (QED) is 0.889. The number of anilines is 1. The fourth-order valence-electron chi connectivity index (χ4n) is 1.29. The molecule has 0 aliphatic rings. The molecule has 0 spiro atoms. The van der Waals surface area contributed by atoms with E-state index in [1.807, 2.05) is 0 Å². The first-order valence-electron chi connectivity index (χ1n) is 5.21. The zero-order chi connectivity index (χ0) is 13.1. The van der Waals surface area contributed by atoms with E-state index < -0.39 is 18.7 Å². The summed E-state index contributed by atoms with van der Waals surface area (Å²) in [4.78, 5) is 5.45. The van der Waals surface area contributed by atoms with Gasteiger partial charge in [-0.05, 0) is 19.1 Å². The Morgan fingerprint density at radius 2 is 2.06 bits per heavy atom. The van der Waals surface area contributed by atoms with E-state index in [0.717, 1.165) is 0 Å². The van der Waals surface area contributed by atoms with Crippen LogP contribution in [-0.4, -0.2) is 29.9 Å². The van der Waals surface area contributed by atoms with Crippen molar-refractivity contribution < 1.29 is 18.3 Å². The third-order valence-corrected chi connectivity index (χ3v) is 2.37. The molecule has 0 saturated carbocycles. The standard InChI is InChI=1S/C11H15F3N2O/c1-8(17)10-4-3-9(7-15-10)16(2)6-5-11(12,13)14/h3-4,7-8,17H,5-6H2,1-2H3/t8-/m0/s1. The van der Waals surface area contributed by atoms with Crippen LogP contribution in [0.4, 0.5) is 18.9 Å². The van der Waals surface area contributed by atoms with Crippen LogP contribution in [0, 0.1) is 0 Å². The van der Waals surface area contributed by atoms with E-state index in [2.05, 4.69) is 4.98 Å². The van der Waals surface area contributed by atoms with Crippen molar-refractivity contribution >= 4 is 5.69 Å². The summed E-state index contributed by atoms with van der Waals surface area (Å²) in [5.41, 5.74) is 1.09. The molecule has 1 N–H and O–H groups in total. The highest BCUT2D eigenvalue weighted by atomic mass is 19.4. The maximum atomic E-state index is 12.0. The van der Waals surface area contributed by atoms with Crippen LogP contribution >= 0.6 is 0 Å². The molecule has 1 heterocycles. The average Bonchev–Trinajstić information content (AvgIpc) is 2.25. The van der Waals surface area contributed by atoms with Crippen LogP contribution in [0.5, 0.6) is 0 Å². The van der Waals surface area contributed by atoms with Gasteiger partial charge in [-0.3, -0.25) is 4.98 Å². The zero-order valence-corrected chi connectivity index (χ0v) is 9.70. The highest BCUT2D eigenvalue weighted by molar-refractivity contribution is 5.43.